The van der Waals surface area contributed by atoms with Gasteiger partial charge in [0.15, 0.2) is 0 Å². The molecule has 0 fully saturated rings. The van der Waals surface area contributed by atoms with Crippen molar-refractivity contribution in [3.05, 3.63) is 28.3 Å². The van der Waals surface area contributed by atoms with Crippen molar-refractivity contribution in [1.29, 1.82) is 0 Å². The molecule has 0 bridgehead atoms. The lowest BCUT2D eigenvalue weighted by Crippen LogP contribution is -2.40. The highest BCUT2D eigenvalue weighted by molar-refractivity contribution is 7.90. The van der Waals surface area contributed by atoms with E-state index in [1.165, 1.54) is 22.3 Å². The molecule has 0 saturated heterocycles. The van der Waals surface area contributed by atoms with E-state index in [2.05, 4.69) is 30.0 Å². The standard InChI is InChI=1S/C22H34N2O3S/c1-15(2)11-12-22(3,4)14-28(26,27)24-21(25)23-20-18-9-5-7-16(18)13-17-8-6-10-19(17)20/h13,15H,5-12,14H2,1-4H3,(H2,23,24,25). The van der Waals surface area contributed by atoms with Crippen molar-refractivity contribution in [2.24, 2.45) is 11.3 Å². The third-order valence-electron chi connectivity index (χ3n) is 5.94. The lowest BCUT2D eigenvalue weighted by Gasteiger charge is -2.25. The molecule has 2 N–H and O–H groups in total. The summed E-state index contributed by atoms with van der Waals surface area (Å²) in [6.07, 6.45) is 7.96. The van der Waals surface area contributed by atoms with Gasteiger partial charge >= 0.3 is 6.03 Å². The van der Waals surface area contributed by atoms with E-state index in [4.69, 9.17) is 0 Å². The Hall–Kier alpha value is -1.56. The minimum atomic E-state index is -3.70. The van der Waals surface area contributed by atoms with Crippen LogP contribution in [0.15, 0.2) is 6.07 Å². The smallest absolute Gasteiger partial charge is 0.307 e. The summed E-state index contributed by atoms with van der Waals surface area (Å²) < 4.78 is 27.4. The molecule has 0 aliphatic heterocycles. The predicted molar refractivity (Wildman–Crippen MR) is 114 cm³/mol. The summed E-state index contributed by atoms with van der Waals surface area (Å²) >= 11 is 0. The van der Waals surface area contributed by atoms with Crippen LogP contribution in [0.4, 0.5) is 10.5 Å². The quantitative estimate of drug-likeness (QED) is 0.696. The van der Waals surface area contributed by atoms with Gasteiger partial charge in [0.2, 0.25) is 10.0 Å². The Kier molecular flexibility index (Phi) is 6.08. The summed E-state index contributed by atoms with van der Waals surface area (Å²) in [4.78, 5) is 12.6. The highest BCUT2D eigenvalue weighted by atomic mass is 32.2. The normalized spacial score (nSPS) is 16.2. The third kappa shape index (κ3) is 5.07. The molecule has 2 aliphatic carbocycles. The molecule has 0 radical (unpaired) electrons. The maximum absolute atomic E-state index is 12.6. The van der Waals surface area contributed by atoms with E-state index in [1.54, 1.807) is 0 Å². The van der Waals surface area contributed by atoms with Crippen LogP contribution < -0.4 is 10.0 Å². The molecule has 5 nitrogen and oxygen atoms in total. The highest BCUT2D eigenvalue weighted by Gasteiger charge is 2.29. The molecule has 0 saturated carbocycles. The van der Waals surface area contributed by atoms with Crippen molar-refractivity contribution in [3.8, 4) is 0 Å². The number of carbonyl (C=O) groups excluding carboxylic acids is 1. The van der Waals surface area contributed by atoms with Gasteiger partial charge in [0.05, 0.1) is 5.75 Å². The minimum absolute atomic E-state index is 0.0505. The SMILES string of the molecule is CC(C)CCC(C)(C)CS(=O)(=O)NC(=O)Nc1c2c(cc3c1CCC3)CCC2. The maximum Gasteiger partial charge on any atom is 0.332 e. The predicted octanol–water partition coefficient (Wildman–Crippen LogP) is 4.58. The number of nitrogens with one attached hydrogen (secondary N) is 2. The van der Waals surface area contributed by atoms with Gasteiger partial charge in [-0.3, -0.25) is 0 Å². The first-order chi connectivity index (χ1) is 13.1. The molecule has 156 valence electrons. The number of hydrogen-bond donors (Lipinski definition) is 2. The van der Waals surface area contributed by atoms with Crippen molar-refractivity contribution in [2.75, 3.05) is 11.1 Å². The Morgan fingerprint density at radius 3 is 2.18 bits per heavy atom. The van der Waals surface area contributed by atoms with E-state index in [9.17, 15) is 13.2 Å². The van der Waals surface area contributed by atoms with Crippen LogP contribution in [0.5, 0.6) is 0 Å². The third-order valence-corrected chi connectivity index (χ3v) is 7.60. The average molecular weight is 407 g/mol. The van der Waals surface area contributed by atoms with Crippen molar-refractivity contribution >= 4 is 21.7 Å². The molecular weight excluding hydrogens is 372 g/mol. The van der Waals surface area contributed by atoms with Gasteiger partial charge in [0, 0.05) is 5.69 Å². The summed E-state index contributed by atoms with van der Waals surface area (Å²) in [5.41, 5.74) is 5.53. The Morgan fingerprint density at radius 2 is 1.64 bits per heavy atom. The molecule has 0 aromatic heterocycles. The van der Waals surface area contributed by atoms with Crippen LogP contribution in [-0.4, -0.2) is 20.2 Å². The molecule has 28 heavy (non-hydrogen) atoms. The fourth-order valence-corrected chi connectivity index (χ4v) is 6.13. The van der Waals surface area contributed by atoms with Crippen LogP contribution in [0.1, 0.15) is 75.6 Å². The number of rotatable bonds is 7. The molecule has 2 aliphatic rings. The van der Waals surface area contributed by atoms with Crippen LogP contribution in [0.2, 0.25) is 0 Å². The zero-order valence-corrected chi connectivity index (χ0v) is 18.5. The van der Waals surface area contributed by atoms with Crippen molar-refractivity contribution < 1.29 is 13.2 Å². The molecule has 2 amide bonds. The molecule has 1 aromatic carbocycles. The number of sulfonamides is 1. The zero-order valence-electron chi connectivity index (χ0n) is 17.7. The van der Waals surface area contributed by atoms with Crippen molar-refractivity contribution in [3.63, 3.8) is 0 Å². The van der Waals surface area contributed by atoms with Crippen LogP contribution in [0, 0.1) is 11.3 Å². The first-order valence-electron chi connectivity index (χ1n) is 10.5. The first kappa shape index (κ1) is 21.2. The van der Waals surface area contributed by atoms with Gasteiger partial charge in [-0.1, -0.05) is 40.2 Å². The number of hydrogen-bond acceptors (Lipinski definition) is 3. The summed E-state index contributed by atoms with van der Waals surface area (Å²) in [5, 5.41) is 2.91. The van der Waals surface area contributed by atoms with Gasteiger partial charge in [-0.2, -0.15) is 0 Å². The molecule has 0 heterocycles. The van der Waals surface area contributed by atoms with E-state index in [1.807, 2.05) is 13.8 Å². The number of urea groups is 1. The summed E-state index contributed by atoms with van der Waals surface area (Å²) in [6, 6.07) is 1.66. The van der Waals surface area contributed by atoms with E-state index >= 15 is 0 Å². The van der Waals surface area contributed by atoms with E-state index in [0.717, 1.165) is 57.1 Å². The van der Waals surface area contributed by atoms with E-state index in [-0.39, 0.29) is 11.2 Å². The van der Waals surface area contributed by atoms with Crippen LogP contribution in [0.25, 0.3) is 0 Å². The van der Waals surface area contributed by atoms with Gasteiger partial charge in [0.25, 0.3) is 0 Å². The first-order valence-corrected chi connectivity index (χ1v) is 12.2. The number of carbonyl (C=O) groups is 1. The summed E-state index contributed by atoms with van der Waals surface area (Å²) in [5.74, 6) is 0.478. The van der Waals surface area contributed by atoms with Gasteiger partial charge < -0.3 is 5.32 Å². The van der Waals surface area contributed by atoms with E-state index < -0.39 is 16.1 Å². The Bertz CT molecular complexity index is 825. The number of fused-ring (bicyclic) bond motifs is 2. The number of amides is 2. The topological polar surface area (TPSA) is 75.3 Å². The fraction of sp³-hybridized carbons (Fsp3) is 0.682. The van der Waals surface area contributed by atoms with Crippen molar-refractivity contribution in [1.82, 2.24) is 4.72 Å². The Morgan fingerprint density at radius 1 is 1.07 bits per heavy atom. The van der Waals surface area contributed by atoms with Gasteiger partial charge in [0.1, 0.15) is 0 Å². The van der Waals surface area contributed by atoms with Gasteiger partial charge in [-0.25, -0.2) is 17.9 Å². The monoisotopic (exact) mass is 406 g/mol. The largest absolute Gasteiger partial charge is 0.332 e. The number of benzene rings is 1. The van der Waals surface area contributed by atoms with Crippen LogP contribution in [-0.2, 0) is 35.7 Å². The second kappa shape index (κ2) is 8.05. The summed E-state index contributed by atoms with van der Waals surface area (Å²) in [6.45, 7) is 8.16. The highest BCUT2D eigenvalue weighted by Crippen LogP contribution is 2.38. The lowest BCUT2D eigenvalue weighted by atomic mass is 9.87. The van der Waals surface area contributed by atoms with Gasteiger partial charge in [-0.15, -0.1) is 0 Å². The molecular formula is C22H34N2O3S. The second-order valence-corrected chi connectivity index (χ2v) is 11.4. The minimum Gasteiger partial charge on any atom is -0.307 e. The Balaban J connectivity index is 1.69. The zero-order chi connectivity index (χ0) is 20.5. The molecule has 3 rings (SSSR count). The van der Waals surface area contributed by atoms with Gasteiger partial charge in [-0.05, 0) is 78.5 Å². The second-order valence-electron chi connectivity index (χ2n) is 9.65. The maximum atomic E-state index is 12.6. The fourth-order valence-electron chi connectivity index (χ4n) is 4.55. The van der Waals surface area contributed by atoms with E-state index in [0.29, 0.717) is 5.92 Å². The molecule has 0 atom stereocenters. The number of aryl methyl sites for hydroxylation is 2. The average Bonchev–Trinajstić information content (AvgIpc) is 3.19. The summed E-state index contributed by atoms with van der Waals surface area (Å²) in [7, 11) is -3.70. The lowest BCUT2D eigenvalue weighted by molar-refractivity contribution is 0.256. The van der Waals surface area contributed by atoms with Crippen LogP contribution in [0.3, 0.4) is 0 Å². The molecule has 0 spiro atoms. The molecule has 0 unspecified atom stereocenters. The molecule has 6 heteroatoms. The van der Waals surface area contributed by atoms with Crippen LogP contribution >= 0.6 is 0 Å². The van der Waals surface area contributed by atoms with Crippen molar-refractivity contribution in [2.45, 2.75) is 79.1 Å². The molecule has 1 aromatic rings. The Labute approximate surface area is 169 Å². The number of anilines is 1.